The minimum Gasteiger partial charge on any atom is -0.399 e. The topological polar surface area (TPSA) is 21.6 Å². The first kappa shape index (κ1) is 10.6. The van der Waals surface area contributed by atoms with E-state index in [4.69, 9.17) is 0 Å². The quantitative estimate of drug-likeness (QED) is 0.534. The van der Waals surface area contributed by atoms with Gasteiger partial charge in [-0.1, -0.05) is 35.5 Å². The van der Waals surface area contributed by atoms with Gasteiger partial charge < -0.3 is 4.84 Å². The van der Waals surface area contributed by atoms with Crippen molar-refractivity contribution in [2.45, 2.75) is 6.18 Å². The Kier molecular flexibility index (Phi) is 3.11. The number of hydrogen-bond donors (Lipinski definition) is 0. The molecule has 0 aliphatic rings. The summed E-state index contributed by atoms with van der Waals surface area (Å²) in [6, 6.07) is 7.29. The molecule has 0 heterocycles. The maximum Gasteiger partial charge on any atom is 0.437 e. The molecule has 0 aliphatic heterocycles. The molecule has 14 heavy (non-hydrogen) atoms. The number of halogens is 3. The summed E-state index contributed by atoms with van der Waals surface area (Å²) in [6.45, 7) is 0. The van der Waals surface area contributed by atoms with Crippen LogP contribution in [0.2, 0.25) is 0 Å². The van der Waals surface area contributed by atoms with E-state index in [1.807, 2.05) is 0 Å². The van der Waals surface area contributed by atoms with E-state index >= 15 is 0 Å². The maximum absolute atomic E-state index is 12.4. The molecule has 0 radical (unpaired) electrons. The van der Waals surface area contributed by atoms with Gasteiger partial charge >= 0.3 is 6.18 Å². The minimum atomic E-state index is -4.50. The Balaban J connectivity index is 3.09. The fraction of sp³-hybridized carbons (Fsp3) is 0.222. The lowest BCUT2D eigenvalue weighted by molar-refractivity contribution is -0.0607. The minimum absolute atomic E-state index is 0.0122. The Morgan fingerprint density at radius 1 is 1.21 bits per heavy atom. The summed E-state index contributed by atoms with van der Waals surface area (Å²) in [7, 11) is 1.08. The Morgan fingerprint density at radius 3 is 2.21 bits per heavy atom. The van der Waals surface area contributed by atoms with Crippen LogP contribution in [-0.2, 0) is 4.84 Å². The van der Waals surface area contributed by atoms with Gasteiger partial charge in [-0.2, -0.15) is 13.2 Å². The zero-order valence-electron chi connectivity index (χ0n) is 7.38. The molecule has 0 aromatic heterocycles. The summed E-state index contributed by atoms with van der Waals surface area (Å²) in [6.07, 6.45) is -4.50. The van der Waals surface area contributed by atoms with Crippen molar-refractivity contribution in [3.05, 3.63) is 35.9 Å². The van der Waals surface area contributed by atoms with E-state index in [0.29, 0.717) is 0 Å². The van der Waals surface area contributed by atoms with Gasteiger partial charge in [0.25, 0.3) is 0 Å². The van der Waals surface area contributed by atoms with Crippen LogP contribution in [0.15, 0.2) is 35.5 Å². The lowest BCUT2D eigenvalue weighted by Crippen LogP contribution is -2.24. The molecule has 1 rings (SSSR count). The third-order valence-corrected chi connectivity index (χ3v) is 1.50. The van der Waals surface area contributed by atoms with Crippen LogP contribution in [0, 0.1) is 0 Å². The van der Waals surface area contributed by atoms with Gasteiger partial charge in [-0.25, -0.2) is 0 Å². The summed E-state index contributed by atoms with van der Waals surface area (Å²) < 4.78 is 37.1. The molecular weight excluding hydrogens is 195 g/mol. The van der Waals surface area contributed by atoms with Crippen LogP contribution in [-0.4, -0.2) is 19.0 Å². The molecule has 2 nitrogen and oxygen atoms in total. The molecule has 0 atom stereocenters. The summed E-state index contributed by atoms with van der Waals surface area (Å²) in [5.74, 6) is 0. The Bertz CT molecular complexity index is 319. The lowest BCUT2D eigenvalue weighted by Gasteiger charge is -2.08. The van der Waals surface area contributed by atoms with Gasteiger partial charge in [0, 0.05) is 5.56 Å². The number of alkyl halides is 3. The number of benzene rings is 1. The van der Waals surface area contributed by atoms with E-state index < -0.39 is 11.9 Å². The highest BCUT2D eigenvalue weighted by molar-refractivity contribution is 6.04. The zero-order valence-corrected chi connectivity index (χ0v) is 7.38. The smallest absolute Gasteiger partial charge is 0.399 e. The first-order chi connectivity index (χ1) is 6.55. The lowest BCUT2D eigenvalue weighted by atomic mass is 10.1. The molecule has 0 N–H and O–H groups in total. The normalized spacial score (nSPS) is 12.7. The largest absolute Gasteiger partial charge is 0.437 e. The average molecular weight is 203 g/mol. The van der Waals surface area contributed by atoms with Crippen LogP contribution in [0.3, 0.4) is 0 Å². The van der Waals surface area contributed by atoms with Gasteiger partial charge in [-0.05, 0) is 0 Å². The first-order valence-electron chi connectivity index (χ1n) is 3.79. The molecular formula is C9H8F3NO. The molecule has 0 amide bonds. The maximum atomic E-state index is 12.4. The molecule has 0 saturated heterocycles. The standard InChI is InChI=1S/C9H8F3NO/c1-14-13-8(9(10,11)12)7-5-3-2-4-6-7/h2-6H,1H3/b13-8-. The molecule has 76 valence electrons. The van der Waals surface area contributed by atoms with Crippen LogP contribution in [0.5, 0.6) is 0 Å². The number of oxime groups is 1. The second-order valence-electron chi connectivity index (χ2n) is 2.49. The molecule has 0 saturated carbocycles. The fourth-order valence-electron chi connectivity index (χ4n) is 0.955. The van der Waals surface area contributed by atoms with Crippen molar-refractivity contribution in [1.29, 1.82) is 0 Å². The van der Waals surface area contributed by atoms with Crippen molar-refractivity contribution < 1.29 is 18.0 Å². The summed E-state index contributed by atoms with van der Waals surface area (Å²) in [5, 5.41) is 2.96. The molecule has 0 spiro atoms. The second kappa shape index (κ2) is 4.13. The van der Waals surface area contributed by atoms with Gasteiger partial charge in [-0.3, -0.25) is 0 Å². The molecule has 5 heteroatoms. The number of hydrogen-bond acceptors (Lipinski definition) is 2. The highest BCUT2D eigenvalue weighted by Crippen LogP contribution is 2.22. The highest BCUT2D eigenvalue weighted by Gasteiger charge is 2.37. The average Bonchev–Trinajstić information content (AvgIpc) is 2.14. The van der Waals surface area contributed by atoms with Gasteiger partial charge in [-0.15, -0.1) is 0 Å². The zero-order chi connectivity index (χ0) is 10.6. The third kappa shape index (κ3) is 2.48. The summed E-state index contributed by atoms with van der Waals surface area (Å²) in [5.41, 5.74) is -1.04. The molecule has 0 bridgehead atoms. The molecule has 1 aromatic rings. The van der Waals surface area contributed by atoms with E-state index in [2.05, 4.69) is 9.99 Å². The van der Waals surface area contributed by atoms with Gasteiger partial charge in [0.2, 0.25) is 0 Å². The van der Waals surface area contributed by atoms with E-state index in [9.17, 15) is 13.2 Å². The third-order valence-electron chi connectivity index (χ3n) is 1.50. The van der Waals surface area contributed by atoms with Crippen molar-refractivity contribution in [2.24, 2.45) is 5.16 Å². The summed E-state index contributed by atoms with van der Waals surface area (Å²) in [4.78, 5) is 4.15. The predicted molar refractivity (Wildman–Crippen MR) is 46.0 cm³/mol. The SMILES string of the molecule is CO/N=C(/c1ccccc1)C(F)(F)F. The molecule has 0 fully saturated rings. The molecule has 0 aliphatic carbocycles. The Hall–Kier alpha value is -1.52. The van der Waals surface area contributed by atoms with Crippen molar-refractivity contribution in [3.63, 3.8) is 0 Å². The van der Waals surface area contributed by atoms with Crippen LogP contribution in [0.25, 0.3) is 0 Å². The molecule has 1 aromatic carbocycles. The predicted octanol–water partition coefficient (Wildman–Crippen LogP) is 2.60. The number of rotatable bonds is 2. The van der Waals surface area contributed by atoms with Crippen molar-refractivity contribution >= 4 is 5.71 Å². The van der Waals surface area contributed by atoms with E-state index in [0.717, 1.165) is 7.11 Å². The Labute approximate surface area is 79.0 Å². The van der Waals surface area contributed by atoms with Gasteiger partial charge in [0.15, 0.2) is 5.71 Å². The first-order valence-corrected chi connectivity index (χ1v) is 3.79. The van der Waals surface area contributed by atoms with E-state index in [1.165, 1.54) is 24.3 Å². The second-order valence-corrected chi connectivity index (χ2v) is 2.49. The van der Waals surface area contributed by atoms with E-state index in [1.54, 1.807) is 6.07 Å². The molecule has 0 unspecified atom stereocenters. The van der Waals surface area contributed by atoms with Gasteiger partial charge in [0.05, 0.1) is 0 Å². The van der Waals surface area contributed by atoms with Crippen LogP contribution >= 0.6 is 0 Å². The van der Waals surface area contributed by atoms with Crippen molar-refractivity contribution in [2.75, 3.05) is 7.11 Å². The van der Waals surface area contributed by atoms with Crippen LogP contribution in [0.1, 0.15) is 5.56 Å². The van der Waals surface area contributed by atoms with Crippen LogP contribution in [0.4, 0.5) is 13.2 Å². The highest BCUT2D eigenvalue weighted by atomic mass is 19.4. The fourth-order valence-corrected chi connectivity index (χ4v) is 0.955. The van der Waals surface area contributed by atoms with Crippen molar-refractivity contribution in [3.8, 4) is 0 Å². The number of nitrogens with zero attached hydrogens (tertiary/aromatic N) is 1. The van der Waals surface area contributed by atoms with Crippen molar-refractivity contribution in [1.82, 2.24) is 0 Å². The Morgan fingerprint density at radius 2 is 1.79 bits per heavy atom. The van der Waals surface area contributed by atoms with Crippen LogP contribution < -0.4 is 0 Å². The van der Waals surface area contributed by atoms with E-state index in [-0.39, 0.29) is 5.56 Å². The summed E-state index contributed by atoms with van der Waals surface area (Å²) >= 11 is 0. The van der Waals surface area contributed by atoms with Gasteiger partial charge in [0.1, 0.15) is 7.11 Å². The monoisotopic (exact) mass is 203 g/mol.